The molecule has 0 aliphatic carbocycles. The average molecular weight is 487 g/mol. The summed E-state index contributed by atoms with van der Waals surface area (Å²) >= 11 is 0. The van der Waals surface area contributed by atoms with E-state index in [1.54, 1.807) is 48.0 Å². The molecule has 182 valence electrons. The lowest BCUT2D eigenvalue weighted by atomic mass is 10.0. The second-order valence-electron chi connectivity index (χ2n) is 7.88. The number of benzene rings is 1. The lowest BCUT2D eigenvalue weighted by Gasteiger charge is -2.13. The van der Waals surface area contributed by atoms with Gasteiger partial charge >= 0.3 is 0 Å². The van der Waals surface area contributed by atoms with Gasteiger partial charge in [0.25, 0.3) is 5.56 Å². The van der Waals surface area contributed by atoms with Crippen LogP contribution in [0.4, 0.5) is 14.7 Å². The highest BCUT2D eigenvalue weighted by molar-refractivity contribution is 5.90. The quantitative estimate of drug-likeness (QED) is 0.292. The van der Waals surface area contributed by atoms with Gasteiger partial charge in [-0.15, -0.1) is 10.8 Å². The fourth-order valence-corrected chi connectivity index (χ4v) is 3.75. The highest BCUT2D eigenvalue weighted by Crippen LogP contribution is 2.34. The van der Waals surface area contributed by atoms with Gasteiger partial charge in [0.05, 0.1) is 11.3 Å². The first-order valence-corrected chi connectivity index (χ1v) is 11.3. The predicted octanol–water partition coefficient (Wildman–Crippen LogP) is 5.04. The van der Waals surface area contributed by atoms with E-state index >= 15 is 0 Å². The zero-order chi connectivity index (χ0) is 25.8. The van der Waals surface area contributed by atoms with Crippen LogP contribution in [0.1, 0.15) is 19.7 Å². The van der Waals surface area contributed by atoms with Gasteiger partial charge in [0.15, 0.2) is 11.5 Å². The first-order chi connectivity index (χ1) is 17.4. The molecule has 0 fully saturated rings. The van der Waals surface area contributed by atoms with Crippen LogP contribution in [0.5, 0.6) is 0 Å². The van der Waals surface area contributed by atoms with Crippen molar-refractivity contribution >= 4 is 11.6 Å². The van der Waals surface area contributed by atoms with Gasteiger partial charge in [0, 0.05) is 41.9 Å². The molecule has 0 amide bonds. The van der Waals surface area contributed by atoms with Gasteiger partial charge in [-0.2, -0.15) is 4.52 Å². The lowest BCUT2D eigenvalue weighted by Crippen LogP contribution is -2.17. The van der Waals surface area contributed by atoms with Crippen LogP contribution in [-0.4, -0.2) is 24.1 Å². The molecular weight excluding hydrogens is 462 g/mol. The predicted molar refractivity (Wildman–Crippen MR) is 136 cm³/mol. The SMILES string of the molecule is C=C=C(Cc1nc2c(-c3ccc(=O)n(CC)c3)c(-c3ccc(F)cc3)nc(N)n2n1)/C(F)=C\C=C/C. The summed E-state index contributed by atoms with van der Waals surface area (Å²) in [5.41, 5.74) is 11.5. The first kappa shape index (κ1) is 24.5. The molecule has 3 aromatic heterocycles. The second-order valence-corrected chi connectivity index (χ2v) is 7.88. The van der Waals surface area contributed by atoms with Crippen molar-refractivity contribution in [1.82, 2.24) is 24.1 Å². The Kier molecular flexibility index (Phi) is 7.03. The number of nitrogen functional groups attached to an aromatic ring is 1. The van der Waals surface area contributed by atoms with Gasteiger partial charge in [-0.1, -0.05) is 18.7 Å². The molecule has 1 aromatic carbocycles. The van der Waals surface area contributed by atoms with Crippen LogP contribution < -0.4 is 11.3 Å². The number of allylic oxidation sites excluding steroid dienone is 5. The molecule has 0 bridgehead atoms. The Morgan fingerprint density at radius 1 is 1.17 bits per heavy atom. The van der Waals surface area contributed by atoms with Crippen molar-refractivity contribution in [2.24, 2.45) is 0 Å². The summed E-state index contributed by atoms with van der Waals surface area (Å²) in [6.07, 6.45) is 6.30. The minimum absolute atomic E-state index is 0.0181. The number of halogens is 2. The zero-order valence-electron chi connectivity index (χ0n) is 19.9. The summed E-state index contributed by atoms with van der Waals surface area (Å²) in [7, 11) is 0. The summed E-state index contributed by atoms with van der Waals surface area (Å²) < 4.78 is 31.1. The summed E-state index contributed by atoms with van der Waals surface area (Å²) in [5.74, 6) is -0.574. The number of pyridine rings is 1. The Morgan fingerprint density at radius 3 is 2.56 bits per heavy atom. The summed E-state index contributed by atoms with van der Waals surface area (Å²) in [6.45, 7) is 7.68. The number of aromatic nitrogens is 5. The van der Waals surface area contributed by atoms with Gasteiger partial charge < -0.3 is 10.3 Å². The van der Waals surface area contributed by atoms with Crippen molar-refractivity contribution in [2.75, 3.05) is 5.73 Å². The number of nitrogens with zero attached hydrogens (tertiary/aromatic N) is 5. The van der Waals surface area contributed by atoms with E-state index < -0.39 is 11.6 Å². The van der Waals surface area contributed by atoms with Crippen molar-refractivity contribution in [3.05, 3.63) is 107 Å². The molecule has 0 saturated heterocycles. The lowest BCUT2D eigenvalue weighted by molar-refractivity contribution is 0.628. The third-order valence-electron chi connectivity index (χ3n) is 5.56. The van der Waals surface area contributed by atoms with E-state index in [4.69, 9.17) is 5.73 Å². The monoisotopic (exact) mass is 486 g/mol. The van der Waals surface area contributed by atoms with Gasteiger partial charge in [0.2, 0.25) is 5.95 Å². The molecule has 0 radical (unpaired) electrons. The summed E-state index contributed by atoms with van der Waals surface area (Å²) in [5, 5.41) is 4.45. The van der Waals surface area contributed by atoms with Crippen LogP contribution >= 0.6 is 0 Å². The largest absolute Gasteiger partial charge is 0.368 e. The third kappa shape index (κ3) is 4.78. The van der Waals surface area contributed by atoms with Gasteiger partial charge in [0.1, 0.15) is 11.6 Å². The number of hydrogen-bond donors (Lipinski definition) is 1. The molecule has 7 nitrogen and oxygen atoms in total. The van der Waals surface area contributed by atoms with E-state index in [1.807, 2.05) is 6.92 Å². The molecule has 0 aliphatic heterocycles. The van der Waals surface area contributed by atoms with Crippen LogP contribution in [0.3, 0.4) is 0 Å². The molecule has 0 unspecified atom stereocenters. The van der Waals surface area contributed by atoms with Crippen molar-refractivity contribution < 1.29 is 8.78 Å². The minimum Gasteiger partial charge on any atom is -0.368 e. The number of rotatable bonds is 7. The highest BCUT2D eigenvalue weighted by atomic mass is 19.1. The van der Waals surface area contributed by atoms with Gasteiger partial charge in [-0.05, 0) is 50.3 Å². The topological polar surface area (TPSA) is 91.1 Å². The molecular formula is C27H24F2N6O. The van der Waals surface area contributed by atoms with Crippen LogP contribution in [0.25, 0.3) is 28.0 Å². The summed E-state index contributed by atoms with van der Waals surface area (Å²) in [4.78, 5) is 21.4. The second kappa shape index (κ2) is 10.3. The fourth-order valence-electron chi connectivity index (χ4n) is 3.75. The van der Waals surface area contributed by atoms with E-state index in [2.05, 4.69) is 27.4 Å². The van der Waals surface area contributed by atoms with Crippen LogP contribution in [0.15, 0.2) is 89.3 Å². The number of anilines is 1. The smallest absolute Gasteiger partial charge is 0.250 e. The molecule has 4 rings (SSSR count). The molecule has 2 N–H and O–H groups in total. The fraction of sp³-hybridized carbons (Fsp3) is 0.148. The van der Waals surface area contributed by atoms with Crippen molar-refractivity contribution in [1.29, 1.82) is 0 Å². The molecule has 0 aliphatic rings. The number of nitrogens with two attached hydrogens (primary N) is 1. The van der Waals surface area contributed by atoms with E-state index in [-0.39, 0.29) is 29.3 Å². The van der Waals surface area contributed by atoms with Crippen molar-refractivity contribution in [2.45, 2.75) is 26.8 Å². The molecule has 4 aromatic rings. The van der Waals surface area contributed by atoms with Crippen molar-refractivity contribution in [3.8, 4) is 22.4 Å². The third-order valence-corrected chi connectivity index (χ3v) is 5.56. The number of hydrogen-bond acceptors (Lipinski definition) is 5. The summed E-state index contributed by atoms with van der Waals surface area (Å²) in [6, 6.07) is 8.94. The Morgan fingerprint density at radius 2 is 1.89 bits per heavy atom. The number of fused-ring (bicyclic) bond motifs is 1. The van der Waals surface area contributed by atoms with E-state index in [1.165, 1.54) is 28.8 Å². The zero-order valence-corrected chi connectivity index (χ0v) is 19.9. The molecule has 0 saturated carbocycles. The van der Waals surface area contributed by atoms with Crippen molar-refractivity contribution in [3.63, 3.8) is 0 Å². The Bertz CT molecular complexity index is 1610. The normalized spacial score (nSPS) is 11.8. The molecule has 3 heterocycles. The molecule has 0 atom stereocenters. The van der Waals surface area contributed by atoms with Gasteiger partial charge in [-0.25, -0.2) is 18.7 Å². The maximum atomic E-state index is 14.6. The maximum absolute atomic E-state index is 14.6. The van der Waals surface area contributed by atoms with Crippen LogP contribution in [-0.2, 0) is 13.0 Å². The van der Waals surface area contributed by atoms with E-state index in [0.29, 0.717) is 34.6 Å². The molecule has 36 heavy (non-hydrogen) atoms. The van der Waals surface area contributed by atoms with E-state index in [0.717, 1.165) is 0 Å². The Hall–Kier alpha value is -4.62. The van der Waals surface area contributed by atoms with Gasteiger partial charge in [-0.3, -0.25) is 4.79 Å². The van der Waals surface area contributed by atoms with Crippen LogP contribution in [0, 0.1) is 5.82 Å². The Balaban J connectivity index is 1.97. The average Bonchev–Trinajstić information content (AvgIpc) is 3.31. The highest BCUT2D eigenvalue weighted by Gasteiger charge is 2.21. The van der Waals surface area contributed by atoms with Crippen LogP contribution in [0.2, 0.25) is 0 Å². The standard InChI is InChI=1S/C27H24F2N6O/c1-4-7-8-21(29)17(5-2)15-22-31-26-24(19-11-14-23(36)34(6-3)16-19)25(32-27(30)35(26)33-22)18-9-12-20(28)13-10-18/h4,7-14,16H,2,6,15H2,1,3H3,(H2,30,32)/b7-4-,21-8+. The maximum Gasteiger partial charge on any atom is 0.250 e. The minimum atomic E-state index is -0.504. The van der Waals surface area contributed by atoms with E-state index in [9.17, 15) is 13.6 Å². The molecule has 9 heteroatoms. The number of aryl methyl sites for hydroxylation is 1. The first-order valence-electron chi connectivity index (χ1n) is 11.3. The Labute approximate surface area is 206 Å². The molecule has 0 spiro atoms.